The molecule has 4 saturated heterocycles. The molecule has 4 unspecified atom stereocenters. The predicted molar refractivity (Wildman–Crippen MR) is 133 cm³/mol. The van der Waals surface area contributed by atoms with E-state index in [2.05, 4.69) is 20.4 Å². The van der Waals surface area contributed by atoms with Crippen LogP contribution in [0.5, 0.6) is 0 Å². The van der Waals surface area contributed by atoms with Crippen LogP contribution in [0.4, 0.5) is 23.5 Å². The summed E-state index contributed by atoms with van der Waals surface area (Å²) in [5.74, 6) is 2.84. The van der Waals surface area contributed by atoms with Crippen LogP contribution in [0.3, 0.4) is 0 Å². The molecule has 2 aromatic rings. The second-order valence-corrected chi connectivity index (χ2v) is 10.2. The number of aromatic nitrogens is 4. The number of aliphatic hydroxyl groups is 2. The second kappa shape index (κ2) is 9.30. The summed E-state index contributed by atoms with van der Waals surface area (Å²) in [6, 6.07) is 1.95. The molecule has 4 aliphatic heterocycles. The highest BCUT2D eigenvalue weighted by Gasteiger charge is 2.41. The highest BCUT2D eigenvalue weighted by molar-refractivity contribution is 5.95. The fraction of sp³-hybridized carbons (Fsp3) is 0.750. The lowest BCUT2D eigenvalue weighted by Gasteiger charge is -2.38. The first-order valence-corrected chi connectivity index (χ1v) is 13.1. The zero-order valence-electron chi connectivity index (χ0n) is 19.8. The minimum Gasteiger partial charge on any atom is -0.395 e. The molecule has 4 N–H and O–H groups in total. The predicted octanol–water partition coefficient (Wildman–Crippen LogP) is 2.27. The van der Waals surface area contributed by atoms with Crippen molar-refractivity contribution in [2.45, 2.75) is 88.4 Å². The Morgan fingerprint density at radius 2 is 0.971 bits per heavy atom. The average Bonchev–Trinajstić information content (AvgIpc) is 3.25. The average molecular weight is 469 g/mol. The summed E-state index contributed by atoms with van der Waals surface area (Å²) in [5, 5.41) is 25.3. The summed E-state index contributed by atoms with van der Waals surface area (Å²) in [6.45, 7) is 0.850. The van der Waals surface area contributed by atoms with Crippen LogP contribution in [0.25, 0.3) is 11.0 Å². The lowest BCUT2D eigenvalue weighted by Crippen LogP contribution is -2.41. The Labute approximate surface area is 200 Å². The fourth-order valence-corrected chi connectivity index (χ4v) is 6.77. The van der Waals surface area contributed by atoms with Crippen molar-refractivity contribution in [2.24, 2.45) is 0 Å². The summed E-state index contributed by atoms with van der Waals surface area (Å²) in [5.41, 5.74) is 1.59. The first-order chi connectivity index (χ1) is 16.8. The molecule has 0 aromatic carbocycles. The van der Waals surface area contributed by atoms with Gasteiger partial charge in [0.1, 0.15) is 11.0 Å². The third-order valence-electron chi connectivity index (χ3n) is 8.18. The summed E-state index contributed by atoms with van der Waals surface area (Å²) < 4.78 is 0. The maximum atomic E-state index is 9.42. The van der Waals surface area contributed by atoms with E-state index in [1.165, 1.54) is 64.2 Å². The van der Waals surface area contributed by atoms with Gasteiger partial charge in [-0.25, -0.2) is 9.97 Å². The van der Waals surface area contributed by atoms with Crippen LogP contribution in [0.2, 0.25) is 0 Å². The molecule has 10 nitrogen and oxygen atoms in total. The molecule has 4 aliphatic rings. The van der Waals surface area contributed by atoms with Crippen molar-refractivity contribution < 1.29 is 10.2 Å². The zero-order chi connectivity index (χ0) is 23.1. The summed E-state index contributed by atoms with van der Waals surface area (Å²) in [6.07, 6.45) is 12.1. The minimum absolute atomic E-state index is 0.0232. The van der Waals surface area contributed by atoms with Gasteiger partial charge in [-0.3, -0.25) is 0 Å². The lowest BCUT2D eigenvalue weighted by atomic mass is 10.0. The number of nitrogens with one attached hydrogen (secondary N) is 2. The van der Waals surface area contributed by atoms with Crippen LogP contribution in [0.1, 0.15) is 64.2 Å². The molecule has 10 heteroatoms. The monoisotopic (exact) mass is 468 g/mol. The molecule has 34 heavy (non-hydrogen) atoms. The van der Waals surface area contributed by atoms with Crippen LogP contribution in [-0.2, 0) is 0 Å². The Balaban J connectivity index is 1.54. The van der Waals surface area contributed by atoms with Gasteiger partial charge in [0.2, 0.25) is 11.9 Å². The van der Waals surface area contributed by atoms with E-state index < -0.39 is 0 Å². The number of anilines is 4. The Morgan fingerprint density at radius 3 is 1.32 bits per heavy atom. The van der Waals surface area contributed by atoms with Gasteiger partial charge in [0.25, 0.3) is 0 Å². The van der Waals surface area contributed by atoms with Crippen LogP contribution in [-0.4, -0.2) is 80.6 Å². The van der Waals surface area contributed by atoms with E-state index in [4.69, 9.17) is 19.9 Å². The molecular weight excluding hydrogens is 432 g/mol. The molecule has 6 rings (SSSR count). The van der Waals surface area contributed by atoms with Gasteiger partial charge in [-0.2, -0.15) is 9.97 Å². The second-order valence-electron chi connectivity index (χ2n) is 10.2. The van der Waals surface area contributed by atoms with Gasteiger partial charge in [-0.05, 0) is 64.2 Å². The Kier molecular flexibility index (Phi) is 6.02. The van der Waals surface area contributed by atoms with Crippen LogP contribution >= 0.6 is 0 Å². The molecule has 0 radical (unpaired) electrons. The molecule has 0 amide bonds. The molecule has 0 aliphatic carbocycles. The Morgan fingerprint density at radius 1 is 0.588 bits per heavy atom. The summed E-state index contributed by atoms with van der Waals surface area (Å²) in [4.78, 5) is 24.8. The largest absolute Gasteiger partial charge is 0.395 e. The van der Waals surface area contributed by atoms with Crippen molar-refractivity contribution in [3.63, 3.8) is 0 Å². The van der Waals surface area contributed by atoms with Gasteiger partial charge >= 0.3 is 0 Å². The van der Waals surface area contributed by atoms with Gasteiger partial charge in [-0.1, -0.05) is 0 Å². The first kappa shape index (κ1) is 22.0. The molecule has 0 spiro atoms. The van der Waals surface area contributed by atoms with Gasteiger partial charge in [0.15, 0.2) is 11.6 Å². The first-order valence-electron chi connectivity index (χ1n) is 13.1. The number of fused-ring (bicyclic) bond motifs is 5. The van der Waals surface area contributed by atoms with Crippen molar-refractivity contribution >= 4 is 34.6 Å². The van der Waals surface area contributed by atoms with Crippen molar-refractivity contribution in [1.82, 2.24) is 19.9 Å². The van der Waals surface area contributed by atoms with Crippen molar-refractivity contribution in [3.05, 3.63) is 0 Å². The number of piperidine rings is 2. The van der Waals surface area contributed by atoms with Crippen molar-refractivity contribution in [2.75, 3.05) is 46.7 Å². The topological polar surface area (TPSA) is 123 Å². The maximum Gasteiger partial charge on any atom is 0.225 e. The number of hydrogen-bond acceptors (Lipinski definition) is 10. The fourth-order valence-electron chi connectivity index (χ4n) is 6.77. The summed E-state index contributed by atoms with van der Waals surface area (Å²) in [7, 11) is 0. The zero-order valence-corrected chi connectivity index (χ0v) is 19.8. The van der Waals surface area contributed by atoms with E-state index in [0.29, 0.717) is 49.2 Å². The molecule has 0 saturated carbocycles. The smallest absolute Gasteiger partial charge is 0.225 e. The van der Waals surface area contributed by atoms with Crippen molar-refractivity contribution in [3.8, 4) is 0 Å². The number of nitrogens with zero attached hydrogens (tertiary/aromatic N) is 6. The molecule has 4 atom stereocenters. The number of hydrogen-bond donors (Lipinski definition) is 4. The summed E-state index contributed by atoms with van der Waals surface area (Å²) >= 11 is 0. The highest BCUT2D eigenvalue weighted by atomic mass is 16.3. The molecule has 4 bridgehead atoms. The number of aliphatic hydroxyl groups excluding tert-OH is 2. The van der Waals surface area contributed by atoms with E-state index in [1.54, 1.807) is 0 Å². The molecule has 4 fully saturated rings. The standard InChI is InChI=1S/C24H36N8O2/c33-13-11-25-23-28-20-19(21(29-23)31-15-3-1-4-16(31)8-7-15)27-24(26-12-14-34)30-22(20)32-17-5-2-6-18(32)10-9-17/h15-18,33-34H,1-14H2,(H,25,28,29)(H,26,27,30). The van der Waals surface area contributed by atoms with E-state index in [1.807, 2.05) is 0 Å². The molecule has 184 valence electrons. The highest BCUT2D eigenvalue weighted by Crippen LogP contribution is 2.44. The van der Waals surface area contributed by atoms with Crippen molar-refractivity contribution in [1.29, 1.82) is 0 Å². The van der Waals surface area contributed by atoms with E-state index >= 15 is 0 Å². The Hall–Kier alpha value is -2.46. The van der Waals surface area contributed by atoms with Crippen LogP contribution < -0.4 is 20.4 Å². The molecule has 6 heterocycles. The maximum absolute atomic E-state index is 9.42. The minimum atomic E-state index is 0.0232. The Bertz CT molecular complexity index is 922. The quantitative estimate of drug-likeness (QED) is 0.459. The van der Waals surface area contributed by atoms with Gasteiger partial charge in [-0.15, -0.1) is 0 Å². The van der Waals surface area contributed by atoms with Crippen LogP contribution in [0.15, 0.2) is 0 Å². The molecule has 2 aromatic heterocycles. The third-order valence-corrected chi connectivity index (χ3v) is 8.18. The van der Waals surface area contributed by atoms with Gasteiger partial charge in [0.05, 0.1) is 13.2 Å². The van der Waals surface area contributed by atoms with Gasteiger partial charge < -0.3 is 30.6 Å². The van der Waals surface area contributed by atoms with E-state index in [9.17, 15) is 10.2 Å². The van der Waals surface area contributed by atoms with Gasteiger partial charge in [0, 0.05) is 37.3 Å². The van der Waals surface area contributed by atoms with E-state index in [0.717, 1.165) is 22.7 Å². The SMILES string of the molecule is OCCNc1nc(N2C3CCCC2CC3)c2nc(NCCO)nc(N3C4CCCC3CC4)c2n1. The van der Waals surface area contributed by atoms with Crippen LogP contribution in [0, 0.1) is 0 Å². The molecular formula is C24H36N8O2. The number of rotatable bonds is 8. The normalized spacial score (nSPS) is 28.1. The lowest BCUT2D eigenvalue weighted by molar-refractivity contribution is 0.310. The third kappa shape index (κ3) is 3.80. The van der Waals surface area contributed by atoms with E-state index in [-0.39, 0.29) is 13.2 Å².